The molecule has 3 heterocycles. The van der Waals surface area contributed by atoms with Gasteiger partial charge in [0, 0.05) is 31.6 Å². The van der Waals surface area contributed by atoms with Crippen LogP contribution >= 0.6 is 0 Å². The Balaban J connectivity index is 1.23. The number of aliphatic hydroxyl groups is 1. The van der Waals surface area contributed by atoms with E-state index in [9.17, 15) is 27.9 Å². The maximum Gasteiger partial charge on any atom is 0.471 e. The van der Waals surface area contributed by atoms with Crippen molar-refractivity contribution in [1.82, 2.24) is 15.1 Å². The second-order valence-electron chi connectivity index (χ2n) is 12.0. The van der Waals surface area contributed by atoms with Crippen molar-refractivity contribution in [1.29, 1.82) is 0 Å². The van der Waals surface area contributed by atoms with Gasteiger partial charge in [-0.15, -0.1) is 0 Å². The molecule has 2 aromatic carbocycles. The predicted octanol–water partition coefficient (Wildman–Crippen LogP) is 5.16. The van der Waals surface area contributed by atoms with E-state index in [2.05, 4.69) is 10.2 Å². The number of nitrogens with zero attached hydrogens (tertiary/aromatic N) is 2. The van der Waals surface area contributed by atoms with Crippen molar-refractivity contribution in [2.24, 2.45) is 0 Å². The lowest BCUT2D eigenvalue weighted by molar-refractivity contribution is -0.253. The third kappa shape index (κ3) is 8.38. The summed E-state index contributed by atoms with van der Waals surface area (Å²) in [5.74, 6) is -2.57. The van der Waals surface area contributed by atoms with E-state index in [1.165, 1.54) is 32.1 Å². The molecule has 4 atom stereocenters. The lowest BCUT2D eigenvalue weighted by Crippen LogP contribution is -2.50. The maximum atomic E-state index is 12.9. The van der Waals surface area contributed by atoms with Crippen LogP contribution < -0.4 is 5.32 Å². The topological polar surface area (TPSA) is 91.3 Å². The van der Waals surface area contributed by atoms with Crippen molar-refractivity contribution in [3.8, 4) is 0 Å². The summed E-state index contributed by atoms with van der Waals surface area (Å²) in [4.78, 5) is 27.5. The van der Waals surface area contributed by atoms with E-state index >= 15 is 0 Å². The van der Waals surface area contributed by atoms with Crippen LogP contribution in [-0.2, 0) is 32.2 Å². The molecule has 3 aliphatic rings. The second-order valence-corrected chi connectivity index (χ2v) is 12.0. The summed E-state index contributed by atoms with van der Waals surface area (Å²) in [6.45, 7) is 2.96. The zero-order valence-corrected chi connectivity index (χ0v) is 24.9. The SMILES string of the molecule is O=C(NCc1ccc([C@@H]2O[C@H](CN3CCCCCCC3)C[C@H](c3ccc(CO)cc3)O2)cc1)[C@@H]1CCCN1C(=O)C(F)(F)F. The third-order valence-electron chi connectivity index (χ3n) is 8.80. The van der Waals surface area contributed by atoms with E-state index in [4.69, 9.17) is 9.47 Å². The Morgan fingerprint density at radius 3 is 2.14 bits per heavy atom. The van der Waals surface area contributed by atoms with Crippen molar-refractivity contribution in [2.45, 2.75) is 95.2 Å². The Kier molecular flexibility index (Phi) is 10.9. The third-order valence-corrected chi connectivity index (χ3v) is 8.80. The Labute approximate surface area is 256 Å². The van der Waals surface area contributed by atoms with Crippen LogP contribution in [0.2, 0.25) is 0 Å². The fourth-order valence-corrected chi connectivity index (χ4v) is 6.36. The number of aliphatic hydroxyl groups excluding tert-OH is 1. The average Bonchev–Trinajstić information content (AvgIpc) is 3.50. The van der Waals surface area contributed by atoms with E-state index < -0.39 is 30.3 Å². The molecule has 8 nitrogen and oxygen atoms in total. The number of carbonyl (C=O) groups excluding carboxylic acids is 2. The van der Waals surface area contributed by atoms with Gasteiger partial charge < -0.3 is 29.7 Å². The van der Waals surface area contributed by atoms with Gasteiger partial charge >= 0.3 is 12.1 Å². The van der Waals surface area contributed by atoms with E-state index in [1.807, 2.05) is 48.5 Å². The van der Waals surface area contributed by atoms with Crippen LogP contribution in [0.4, 0.5) is 13.2 Å². The lowest BCUT2D eigenvalue weighted by Gasteiger charge is -2.38. The fourth-order valence-electron chi connectivity index (χ4n) is 6.36. The molecule has 0 unspecified atom stereocenters. The zero-order chi connectivity index (χ0) is 31.1. The summed E-state index contributed by atoms with van der Waals surface area (Å²) in [6.07, 6.45) is 1.61. The highest BCUT2D eigenvalue weighted by Crippen LogP contribution is 2.38. The molecule has 2 N–H and O–H groups in total. The largest absolute Gasteiger partial charge is 0.471 e. The smallest absolute Gasteiger partial charge is 0.392 e. The summed E-state index contributed by atoms with van der Waals surface area (Å²) >= 11 is 0. The Bertz CT molecular complexity index is 1230. The van der Waals surface area contributed by atoms with Gasteiger partial charge in [0.05, 0.1) is 18.8 Å². The maximum absolute atomic E-state index is 12.9. The molecule has 5 rings (SSSR count). The zero-order valence-electron chi connectivity index (χ0n) is 24.9. The lowest BCUT2D eigenvalue weighted by atomic mass is 9.99. The Hall–Kier alpha value is -2.99. The minimum Gasteiger partial charge on any atom is -0.392 e. The van der Waals surface area contributed by atoms with Crippen LogP contribution in [0.1, 0.15) is 86.0 Å². The quantitative estimate of drug-likeness (QED) is 0.426. The molecular weight excluding hydrogens is 575 g/mol. The number of halogens is 3. The molecule has 3 aliphatic heterocycles. The van der Waals surface area contributed by atoms with E-state index in [0.29, 0.717) is 17.7 Å². The number of carbonyl (C=O) groups is 2. The summed E-state index contributed by atoms with van der Waals surface area (Å²) in [5.41, 5.74) is 3.45. The van der Waals surface area contributed by atoms with Crippen LogP contribution in [-0.4, -0.2) is 71.2 Å². The molecule has 44 heavy (non-hydrogen) atoms. The van der Waals surface area contributed by atoms with Crippen LogP contribution in [0.5, 0.6) is 0 Å². The monoisotopic (exact) mass is 617 g/mol. The summed E-state index contributed by atoms with van der Waals surface area (Å²) in [5, 5.41) is 12.2. The van der Waals surface area contributed by atoms with E-state index in [-0.39, 0.29) is 38.3 Å². The van der Waals surface area contributed by atoms with Crippen molar-refractivity contribution in [2.75, 3.05) is 26.2 Å². The molecule has 2 amide bonds. The normalized spacial score (nSPS) is 25.3. The van der Waals surface area contributed by atoms with Crippen LogP contribution in [0.25, 0.3) is 0 Å². The Morgan fingerprint density at radius 1 is 0.841 bits per heavy atom. The highest BCUT2D eigenvalue weighted by molar-refractivity contribution is 5.90. The first kappa shape index (κ1) is 32.4. The Morgan fingerprint density at radius 2 is 1.48 bits per heavy atom. The highest BCUT2D eigenvalue weighted by atomic mass is 19.4. The number of ether oxygens (including phenoxy) is 2. The minimum absolute atomic E-state index is 0.0213. The predicted molar refractivity (Wildman–Crippen MR) is 157 cm³/mol. The minimum atomic E-state index is -5.00. The van der Waals surface area contributed by atoms with Gasteiger partial charge in [0.2, 0.25) is 5.91 Å². The van der Waals surface area contributed by atoms with Gasteiger partial charge in [0.25, 0.3) is 0 Å². The second kappa shape index (κ2) is 14.9. The summed E-state index contributed by atoms with van der Waals surface area (Å²) in [6, 6.07) is 14.1. The summed E-state index contributed by atoms with van der Waals surface area (Å²) in [7, 11) is 0. The molecule has 0 aliphatic carbocycles. The molecule has 0 spiro atoms. The molecule has 0 saturated carbocycles. The molecular formula is C33H42F3N3O5. The number of alkyl halides is 3. The highest BCUT2D eigenvalue weighted by Gasteiger charge is 2.47. The van der Waals surface area contributed by atoms with Crippen molar-refractivity contribution in [3.05, 3.63) is 70.8 Å². The van der Waals surface area contributed by atoms with E-state index in [0.717, 1.165) is 41.9 Å². The van der Waals surface area contributed by atoms with Gasteiger partial charge in [-0.3, -0.25) is 9.59 Å². The standard InChI is InChI=1S/C33H42F3N3O5/c34-33(35,36)32(42)39-18-6-7-28(39)30(41)37-20-23-8-14-26(15-9-23)31-43-27(21-38-16-4-2-1-3-5-17-38)19-29(44-31)25-12-10-24(22-40)11-13-25/h8-15,27-29,31,40H,1-7,16-22H2,(H,37,41)/t27-,28-,29+,31+/m0/s1. The number of hydrogen-bond acceptors (Lipinski definition) is 6. The molecule has 2 aromatic rings. The molecule has 3 saturated heterocycles. The number of nitrogens with one attached hydrogen (secondary N) is 1. The van der Waals surface area contributed by atoms with Crippen LogP contribution in [0, 0.1) is 0 Å². The number of rotatable bonds is 8. The molecule has 11 heteroatoms. The van der Waals surface area contributed by atoms with Crippen molar-refractivity contribution in [3.63, 3.8) is 0 Å². The van der Waals surface area contributed by atoms with Gasteiger partial charge in [-0.2, -0.15) is 13.2 Å². The molecule has 0 bridgehead atoms. The number of amides is 2. The average molecular weight is 618 g/mol. The van der Waals surface area contributed by atoms with E-state index in [1.54, 1.807) is 0 Å². The number of likely N-dealkylation sites (tertiary alicyclic amines) is 2. The first-order valence-corrected chi connectivity index (χ1v) is 15.7. The van der Waals surface area contributed by atoms with Gasteiger partial charge in [0.15, 0.2) is 6.29 Å². The van der Waals surface area contributed by atoms with Gasteiger partial charge in [-0.05, 0) is 55.5 Å². The van der Waals surface area contributed by atoms with Gasteiger partial charge in [-0.25, -0.2) is 0 Å². The van der Waals surface area contributed by atoms with Gasteiger partial charge in [0.1, 0.15) is 6.04 Å². The molecule has 240 valence electrons. The van der Waals surface area contributed by atoms with Crippen molar-refractivity contribution < 1.29 is 37.3 Å². The van der Waals surface area contributed by atoms with Crippen LogP contribution in [0.3, 0.4) is 0 Å². The molecule has 3 fully saturated rings. The fraction of sp³-hybridized carbons (Fsp3) is 0.576. The molecule has 0 aromatic heterocycles. The number of hydrogen-bond donors (Lipinski definition) is 2. The van der Waals surface area contributed by atoms with Crippen LogP contribution in [0.15, 0.2) is 48.5 Å². The molecule has 0 radical (unpaired) electrons. The first-order valence-electron chi connectivity index (χ1n) is 15.7. The number of benzene rings is 2. The van der Waals surface area contributed by atoms with Crippen molar-refractivity contribution >= 4 is 11.8 Å². The first-order chi connectivity index (χ1) is 21.2. The summed E-state index contributed by atoms with van der Waals surface area (Å²) < 4.78 is 51.8. The van der Waals surface area contributed by atoms with Gasteiger partial charge in [-0.1, -0.05) is 67.8 Å².